The summed E-state index contributed by atoms with van der Waals surface area (Å²) in [6, 6.07) is 34.4. The lowest BCUT2D eigenvalue weighted by Gasteiger charge is -2.10. The zero-order valence-electron chi connectivity index (χ0n) is 35.9. The zero-order chi connectivity index (χ0) is 49.2. The van der Waals surface area contributed by atoms with Gasteiger partial charge < -0.3 is 10.4 Å². The summed E-state index contributed by atoms with van der Waals surface area (Å²) < 4.78 is 98.2. The van der Waals surface area contributed by atoms with Gasteiger partial charge in [0.1, 0.15) is 33.7 Å². The van der Waals surface area contributed by atoms with Gasteiger partial charge in [0.05, 0.1) is 44.8 Å². The van der Waals surface area contributed by atoms with Crippen LogP contribution in [0.25, 0.3) is 0 Å². The van der Waals surface area contributed by atoms with Crippen LogP contribution >= 0.6 is 0 Å². The quantitative estimate of drug-likeness (QED) is 0.0394. The number of rotatable bonds is 18. The molecule has 0 saturated carbocycles. The molecule has 5 N–H and O–H groups in total. The van der Waals surface area contributed by atoms with Gasteiger partial charge in [0.25, 0.3) is 30.4 Å². The molecule has 1 heterocycles. The highest BCUT2D eigenvalue weighted by Crippen LogP contribution is 2.33. The third-order valence-corrected chi connectivity index (χ3v) is 11.9. The first-order valence-electron chi connectivity index (χ1n) is 20.2. The molecule has 0 aliphatic heterocycles. The first-order valence-corrected chi connectivity index (χ1v) is 24.7. The minimum Gasteiger partial charge on any atom is -0.506 e. The molecule has 7 rings (SSSR count). The molecular formula is C44H38N12O10S3. The summed E-state index contributed by atoms with van der Waals surface area (Å²) in [6.45, 7) is 1.56. The van der Waals surface area contributed by atoms with Crippen molar-refractivity contribution in [3.8, 4) is 5.75 Å². The Morgan fingerprint density at radius 3 is 1.52 bits per heavy atom. The van der Waals surface area contributed by atoms with Crippen molar-refractivity contribution in [1.82, 2.24) is 15.0 Å². The fourth-order valence-electron chi connectivity index (χ4n) is 6.14. The molecule has 6 aromatic carbocycles. The SMILES string of the molecule is Cc1cc(Cc2nc(Cc3ccc(N=Nc4ccc(N=Nc5ccc(S(=O)(=O)O)cc5)cc4)c(O)c3)nc(NCCS(=O)(=O)O)n2)ccc1N=Nc1ccc(N=Nc2ccccc2)cc1S(=O)(=O)O. The molecule has 0 saturated heterocycles. The number of anilines is 1. The van der Waals surface area contributed by atoms with Gasteiger partial charge in [-0.05, 0) is 121 Å². The number of aryl methyl sites for hydroxylation is 1. The highest BCUT2D eigenvalue weighted by Gasteiger charge is 2.18. The molecule has 0 spiro atoms. The van der Waals surface area contributed by atoms with Crippen LogP contribution in [0.2, 0.25) is 0 Å². The van der Waals surface area contributed by atoms with Crippen molar-refractivity contribution >= 4 is 81.8 Å². The Balaban J connectivity index is 1.03. The van der Waals surface area contributed by atoms with Gasteiger partial charge in [-0.15, -0.1) is 10.2 Å². The fraction of sp³-hybridized carbons (Fsp3) is 0.114. The lowest BCUT2D eigenvalue weighted by atomic mass is 10.1. The number of aromatic nitrogens is 3. The van der Waals surface area contributed by atoms with Crippen molar-refractivity contribution in [2.75, 3.05) is 17.6 Å². The van der Waals surface area contributed by atoms with Crippen LogP contribution in [0.15, 0.2) is 184 Å². The topological polar surface area (TPSA) is 333 Å². The molecule has 0 fully saturated rings. The second-order valence-electron chi connectivity index (χ2n) is 14.7. The summed E-state index contributed by atoms with van der Waals surface area (Å²) in [6.07, 6.45) is 0.281. The molecular weight excluding hydrogens is 953 g/mol. The summed E-state index contributed by atoms with van der Waals surface area (Å²) in [5.41, 5.74) is 4.38. The van der Waals surface area contributed by atoms with E-state index in [9.17, 15) is 39.5 Å². The Kier molecular flexibility index (Phi) is 15.2. The third kappa shape index (κ3) is 14.5. The molecule has 1 aromatic heterocycles. The van der Waals surface area contributed by atoms with Crippen molar-refractivity contribution in [1.29, 1.82) is 0 Å². The number of hydrogen-bond donors (Lipinski definition) is 5. The predicted molar refractivity (Wildman–Crippen MR) is 252 cm³/mol. The van der Waals surface area contributed by atoms with E-state index in [2.05, 4.69) is 61.2 Å². The van der Waals surface area contributed by atoms with Crippen LogP contribution in [0.5, 0.6) is 5.75 Å². The molecule has 352 valence electrons. The number of hydrogen-bond acceptors (Lipinski definition) is 19. The Morgan fingerprint density at radius 1 is 0.493 bits per heavy atom. The van der Waals surface area contributed by atoms with E-state index >= 15 is 0 Å². The fourth-order valence-corrected chi connectivity index (χ4v) is 7.62. The van der Waals surface area contributed by atoms with E-state index in [1.54, 1.807) is 85.8 Å². The molecule has 0 radical (unpaired) electrons. The second-order valence-corrected chi connectivity index (χ2v) is 19.1. The van der Waals surface area contributed by atoms with Crippen LogP contribution in [0.1, 0.15) is 28.3 Å². The van der Waals surface area contributed by atoms with Crippen LogP contribution in [0, 0.1) is 6.92 Å². The summed E-state index contributed by atoms with van der Waals surface area (Å²) >= 11 is 0. The summed E-state index contributed by atoms with van der Waals surface area (Å²) in [4.78, 5) is 12.7. The third-order valence-electron chi connectivity index (χ3n) is 9.46. The number of aromatic hydroxyl groups is 1. The number of nitrogens with one attached hydrogen (secondary N) is 1. The van der Waals surface area contributed by atoms with E-state index in [0.29, 0.717) is 45.4 Å². The van der Waals surface area contributed by atoms with Gasteiger partial charge >= 0.3 is 0 Å². The molecule has 0 atom stereocenters. The van der Waals surface area contributed by atoms with Crippen LogP contribution in [-0.2, 0) is 43.2 Å². The van der Waals surface area contributed by atoms with Crippen LogP contribution in [0.4, 0.5) is 51.4 Å². The maximum atomic E-state index is 12.3. The molecule has 0 aliphatic rings. The van der Waals surface area contributed by atoms with Crippen molar-refractivity contribution < 1.29 is 44.0 Å². The highest BCUT2D eigenvalue weighted by molar-refractivity contribution is 7.86. The molecule has 69 heavy (non-hydrogen) atoms. The standard InChI is InChI=1S/C44H38N12O10S3/c1-28-23-29(7-18-37(28)54-56-39-20-15-35(27-41(39)69(64,65)66)53-49-31-5-3-2-4-6-31)25-42-46-43(48-44(47-42)45-21-22-67(58,59)60)26-30-8-19-38(40(57)24-30)55-52-33-11-9-32(10-12-33)50-51-34-13-16-36(17-14-34)68(61,62)63/h2-20,23-24,27,57H,21-22,25-26H2,1H3,(H,58,59,60)(H,61,62,63)(H,64,65,66)(H,45,46,47,48). The monoisotopic (exact) mass is 990 g/mol. The summed E-state index contributed by atoms with van der Waals surface area (Å²) in [7, 11) is -13.3. The molecule has 22 nitrogen and oxygen atoms in total. The zero-order valence-corrected chi connectivity index (χ0v) is 38.4. The summed E-state index contributed by atoms with van der Waals surface area (Å²) in [5.74, 6) is -0.195. The molecule has 0 bridgehead atoms. The van der Waals surface area contributed by atoms with Crippen LogP contribution < -0.4 is 5.32 Å². The maximum Gasteiger partial charge on any atom is 0.296 e. The molecule has 7 aromatic rings. The molecule has 25 heteroatoms. The predicted octanol–water partition coefficient (Wildman–Crippen LogP) is 10.5. The first kappa shape index (κ1) is 49.0. The number of phenols is 1. The number of phenolic OH excluding ortho intramolecular Hbond substituents is 1. The maximum absolute atomic E-state index is 12.3. The van der Waals surface area contributed by atoms with E-state index in [4.69, 9.17) is 4.55 Å². The van der Waals surface area contributed by atoms with Crippen LogP contribution in [0.3, 0.4) is 0 Å². The Bertz CT molecular complexity index is 3470. The Hall–Kier alpha value is -7.94. The smallest absolute Gasteiger partial charge is 0.296 e. The van der Waals surface area contributed by atoms with Crippen molar-refractivity contribution in [2.24, 2.45) is 40.9 Å². The van der Waals surface area contributed by atoms with Gasteiger partial charge in [0, 0.05) is 19.4 Å². The van der Waals surface area contributed by atoms with Crippen molar-refractivity contribution in [2.45, 2.75) is 29.6 Å². The van der Waals surface area contributed by atoms with E-state index in [1.165, 1.54) is 42.5 Å². The van der Waals surface area contributed by atoms with E-state index in [1.807, 2.05) is 6.07 Å². The first-order chi connectivity index (χ1) is 32.8. The van der Waals surface area contributed by atoms with Crippen molar-refractivity contribution in [3.05, 3.63) is 162 Å². The summed E-state index contributed by atoms with van der Waals surface area (Å²) in [5, 5.41) is 46.6. The molecule has 0 aliphatic carbocycles. The average Bonchev–Trinajstić information content (AvgIpc) is 3.29. The second kappa shape index (κ2) is 21.3. The number of benzene rings is 6. The highest BCUT2D eigenvalue weighted by atomic mass is 32.2. The lowest BCUT2D eigenvalue weighted by Crippen LogP contribution is -2.17. The van der Waals surface area contributed by atoms with Gasteiger partial charge in [-0.3, -0.25) is 13.7 Å². The van der Waals surface area contributed by atoms with Gasteiger partial charge in [-0.1, -0.05) is 36.4 Å². The van der Waals surface area contributed by atoms with Gasteiger partial charge in [0.2, 0.25) is 5.95 Å². The van der Waals surface area contributed by atoms with E-state index in [0.717, 1.165) is 11.6 Å². The Morgan fingerprint density at radius 2 is 0.971 bits per heavy atom. The lowest BCUT2D eigenvalue weighted by molar-refractivity contribution is 0.475. The molecule has 0 amide bonds. The van der Waals surface area contributed by atoms with E-state index in [-0.39, 0.29) is 58.9 Å². The minimum atomic E-state index is -4.72. The number of nitrogens with zero attached hydrogens (tertiary/aromatic N) is 11. The van der Waals surface area contributed by atoms with Gasteiger partial charge in [-0.25, -0.2) is 4.98 Å². The largest absolute Gasteiger partial charge is 0.506 e. The normalized spacial score (nSPS) is 12.5. The molecule has 0 unspecified atom stereocenters. The number of azo groups is 4. The van der Waals surface area contributed by atoms with Gasteiger partial charge in [-0.2, -0.15) is 65.9 Å². The van der Waals surface area contributed by atoms with Crippen LogP contribution in [-0.4, -0.2) is 71.3 Å². The van der Waals surface area contributed by atoms with Crippen molar-refractivity contribution in [3.63, 3.8) is 0 Å². The van der Waals surface area contributed by atoms with Gasteiger partial charge in [0.15, 0.2) is 0 Å². The Labute approximate surface area is 394 Å². The van der Waals surface area contributed by atoms with E-state index < -0.39 is 41.0 Å². The minimum absolute atomic E-state index is 0.0412. The average molecular weight is 991 g/mol.